The highest BCUT2D eigenvalue weighted by atomic mass is 16.5. The van der Waals surface area contributed by atoms with Crippen LogP contribution in [-0.4, -0.2) is 5.97 Å². The summed E-state index contributed by atoms with van der Waals surface area (Å²) < 4.78 is 5.27. The van der Waals surface area contributed by atoms with Crippen molar-refractivity contribution in [3.63, 3.8) is 0 Å². The summed E-state index contributed by atoms with van der Waals surface area (Å²) >= 11 is 0. The molecule has 1 heterocycles. The van der Waals surface area contributed by atoms with Crippen molar-refractivity contribution >= 4 is 5.97 Å². The van der Waals surface area contributed by atoms with Crippen molar-refractivity contribution in [3.8, 4) is 5.75 Å². The molecule has 0 aromatic heterocycles. The Morgan fingerprint density at radius 1 is 1.06 bits per heavy atom. The first kappa shape index (κ1) is 10.1. The van der Waals surface area contributed by atoms with Gasteiger partial charge in [-0.15, -0.1) is 0 Å². The summed E-state index contributed by atoms with van der Waals surface area (Å²) in [4.78, 5) is 11.9. The third kappa shape index (κ3) is 1.62. The highest BCUT2D eigenvalue weighted by molar-refractivity contribution is 5.89. The van der Waals surface area contributed by atoms with Gasteiger partial charge in [-0.3, -0.25) is 4.79 Å². The molecule has 0 radical (unpaired) electrons. The molecule has 1 aliphatic heterocycles. The second-order valence-corrected chi connectivity index (χ2v) is 4.31. The number of rotatable bonds is 1. The fraction of sp³-hybridized carbons (Fsp3) is 0.133. The van der Waals surface area contributed by atoms with Crippen LogP contribution in [0.1, 0.15) is 22.6 Å². The number of hydrogen-bond acceptors (Lipinski definition) is 2. The molecular weight excluding hydrogens is 212 g/mol. The van der Waals surface area contributed by atoms with Crippen molar-refractivity contribution in [2.45, 2.75) is 12.8 Å². The zero-order valence-electron chi connectivity index (χ0n) is 9.51. The average molecular weight is 224 g/mol. The predicted molar refractivity (Wildman–Crippen MR) is 65.1 cm³/mol. The second-order valence-electron chi connectivity index (χ2n) is 4.31. The summed E-state index contributed by atoms with van der Waals surface area (Å²) in [6.07, 6.45) is 0. The quantitative estimate of drug-likeness (QED) is 0.549. The SMILES string of the molecule is Cc1cccc(C2C(=O)Oc3ccccc32)c1. The Labute approximate surface area is 99.9 Å². The van der Waals surface area contributed by atoms with E-state index in [9.17, 15) is 4.79 Å². The Morgan fingerprint density at radius 3 is 2.71 bits per heavy atom. The minimum Gasteiger partial charge on any atom is -0.425 e. The van der Waals surface area contributed by atoms with E-state index in [2.05, 4.69) is 0 Å². The third-order valence-electron chi connectivity index (χ3n) is 3.05. The van der Waals surface area contributed by atoms with E-state index in [0.29, 0.717) is 5.75 Å². The van der Waals surface area contributed by atoms with Gasteiger partial charge in [-0.2, -0.15) is 0 Å². The molecule has 3 rings (SSSR count). The molecule has 0 spiro atoms. The molecule has 0 aliphatic carbocycles. The van der Waals surface area contributed by atoms with Crippen LogP contribution < -0.4 is 4.74 Å². The van der Waals surface area contributed by atoms with Gasteiger partial charge in [-0.25, -0.2) is 0 Å². The smallest absolute Gasteiger partial charge is 0.323 e. The number of aryl methyl sites for hydroxylation is 1. The van der Waals surface area contributed by atoms with E-state index in [0.717, 1.165) is 16.7 Å². The van der Waals surface area contributed by atoms with Gasteiger partial charge in [0.25, 0.3) is 0 Å². The van der Waals surface area contributed by atoms with Crippen LogP contribution in [0.5, 0.6) is 5.75 Å². The van der Waals surface area contributed by atoms with E-state index < -0.39 is 0 Å². The van der Waals surface area contributed by atoms with E-state index in [1.807, 2.05) is 55.5 Å². The Morgan fingerprint density at radius 2 is 1.88 bits per heavy atom. The Hall–Kier alpha value is -2.09. The first-order chi connectivity index (χ1) is 8.25. The maximum atomic E-state index is 11.9. The van der Waals surface area contributed by atoms with Gasteiger partial charge in [0.15, 0.2) is 0 Å². The van der Waals surface area contributed by atoms with Gasteiger partial charge in [-0.1, -0.05) is 48.0 Å². The van der Waals surface area contributed by atoms with Crippen LogP contribution in [0.2, 0.25) is 0 Å². The minimum absolute atomic E-state index is 0.184. The fourth-order valence-electron chi connectivity index (χ4n) is 2.27. The van der Waals surface area contributed by atoms with Crippen molar-refractivity contribution in [2.75, 3.05) is 0 Å². The zero-order valence-corrected chi connectivity index (χ0v) is 9.51. The van der Waals surface area contributed by atoms with Gasteiger partial charge in [0, 0.05) is 5.56 Å². The van der Waals surface area contributed by atoms with Gasteiger partial charge in [0.1, 0.15) is 11.7 Å². The van der Waals surface area contributed by atoms with E-state index in [1.54, 1.807) is 0 Å². The molecule has 0 saturated carbocycles. The summed E-state index contributed by atoms with van der Waals surface area (Å²) in [5.41, 5.74) is 3.11. The molecular formula is C15H12O2. The molecule has 84 valence electrons. The van der Waals surface area contributed by atoms with Crippen LogP contribution in [0.25, 0.3) is 0 Å². The van der Waals surface area contributed by atoms with Crippen molar-refractivity contribution < 1.29 is 9.53 Å². The third-order valence-corrected chi connectivity index (χ3v) is 3.05. The fourth-order valence-corrected chi connectivity index (χ4v) is 2.27. The van der Waals surface area contributed by atoms with Crippen LogP contribution in [-0.2, 0) is 4.79 Å². The van der Waals surface area contributed by atoms with Crippen LogP contribution >= 0.6 is 0 Å². The molecule has 1 atom stereocenters. The molecule has 2 nitrogen and oxygen atoms in total. The van der Waals surface area contributed by atoms with E-state index in [1.165, 1.54) is 0 Å². The van der Waals surface area contributed by atoms with Crippen molar-refractivity contribution in [2.24, 2.45) is 0 Å². The first-order valence-corrected chi connectivity index (χ1v) is 5.63. The number of fused-ring (bicyclic) bond motifs is 1. The van der Waals surface area contributed by atoms with Gasteiger partial charge < -0.3 is 4.74 Å². The number of benzene rings is 2. The molecule has 0 saturated heterocycles. The van der Waals surface area contributed by atoms with Crippen LogP contribution in [0.15, 0.2) is 48.5 Å². The first-order valence-electron chi connectivity index (χ1n) is 5.63. The maximum absolute atomic E-state index is 11.9. The standard InChI is InChI=1S/C15H12O2/c1-10-5-4-6-11(9-10)14-12-7-2-3-8-13(12)17-15(14)16/h2-9,14H,1H3. The topological polar surface area (TPSA) is 26.3 Å². The monoisotopic (exact) mass is 224 g/mol. The van der Waals surface area contributed by atoms with Crippen LogP contribution in [0.3, 0.4) is 0 Å². The lowest BCUT2D eigenvalue weighted by molar-refractivity contribution is -0.133. The second kappa shape index (κ2) is 3.74. The lowest BCUT2D eigenvalue weighted by atomic mass is 9.92. The van der Waals surface area contributed by atoms with Crippen molar-refractivity contribution in [1.82, 2.24) is 0 Å². The van der Waals surface area contributed by atoms with E-state index in [-0.39, 0.29) is 11.9 Å². The normalized spacial score (nSPS) is 17.7. The van der Waals surface area contributed by atoms with Crippen LogP contribution in [0.4, 0.5) is 0 Å². The lowest BCUT2D eigenvalue weighted by Gasteiger charge is -2.08. The van der Waals surface area contributed by atoms with Crippen molar-refractivity contribution in [1.29, 1.82) is 0 Å². The number of ether oxygens (including phenoxy) is 1. The van der Waals surface area contributed by atoms with E-state index >= 15 is 0 Å². The maximum Gasteiger partial charge on any atom is 0.323 e. The summed E-state index contributed by atoms with van der Waals surface area (Å²) in [7, 11) is 0. The number of hydrogen-bond donors (Lipinski definition) is 0. The zero-order chi connectivity index (χ0) is 11.8. The highest BCUT2D eigenvalue weighted by Crippen LogP contribution is 2.38. The Balaban J connectivity index is 2.13. The van der Waals surface area contributed by atoms with E-state index in [4.69, 9.17) is 4.74 Å². The summed E-state index contributed by atoms with van der Waals surface area (Å²) in [5.74, 6) is 0.229. The summed E-state index contributed by atoms with van der Waals surface area (Å²) in [5, 5.41) is 0. The molecule has 1 aliphatic rings. The molecule has 2 heteroatoms. The number of para-hydroxylation sites is 1. The number of carbonyl (C=O) groups is 1. The van der Waals surface area contributed by atoms with Gasteiger partial charge in [0.2, 0.25) is 0 Å². The molecule has 17 heavy (non-hydrogen) atoms. The lowest BCUT2D eigenvalue weighted by Crippen LogP contribution is -2.11. The predicted octanol–water partition coefficient (Wildman–Crippen LogP) is 3.05. The molecule has 2 aromatic carbocycles. The van der Waals surface area contributed by atoms with Gasteiger partial charge in [0.05, 0.1) is 0 Å². The molecule has 0 amide bonds. The molecule has 0 bridgehead atoms. The summed E-state index contributed by atoms with van der Waals surface area (Å²) in [6, 6.07) is 15.6. The molecule has 1 unspecified atom stereocenters. The molecule has 2 aromatic rings. The van der Waals surface area contributed by atoms with Crippen molar-refractivity contribution in [3.05, 3.63) is 65.2 Å². The molecule has 0 N–H and O–H groups in total. The Kier molecular flexibility index (Phi) is 2.22. The minimum atomic E-state index is -0.272. The van der Waals surface area contributed by atoms with Gasteiger partial charge in [-0.05, 0) is 18.6 Å². The van der Waals surface area contributed by atoms with Crippen LogP contribution in [0, 0.1) is 6.92 Å². The largest absolute Gasteiger partial charge is 0.425 e. The Bertz CT molecular complexity index is 587. The average Bonchev–Trinajstić information content (AvgIpc) is 2.64. The highest BCUT2D eigenvalue weighted by Gasteiger charge is 2.33. The number of carbonyl (C=O) groups excluding carboxylic acids is 1. The van der Waals surface area contributed by atoms with Gasteiger partial charge >= 0.3 is 5.97 Å². The number of esters is 1. The summed E-state index contributed by atoms with van der Waals surface area (Å²) in [6.45, 7) is 2.02. The molecule has 0 fully saturated rings.